The largest absolute Gasteiger partial charge is 0.393 e. The monoisotopic (exact) mass is 226 g/mol. The van der Waals surface area contributed by atoms with Gasteiger partial charge < -0.3 is 10.4 Å². The quantitative estimate of drug-likeness (QED) is 0.829. The number of aliphatic hydroxyl groups excluding tert-OH is 1. The smallest absolute Gasteiger partial charge is 0.109 e. The standard InChI is InChI=1S/C11H18N2OS/c1-8(11-12-6-7-15-11)13-9-2-4-10(14)5-3-9/h6-10,13-14H,2-5H2,1H3. The van der Waals surface area contributed by atoms with Gasteiger partial charge in [-0.05, 0) is 32.6 Å². The van der Waals surface area contributed by atoms with E-state index in [2.05, 4.69) is 17.2 Å². The summed E-state index contributed by atoms with van der Waals surface area (Å²) in [5, 5.41) is 16.2. The van der Waals surface area contributed by atoms with Crippen molar-refractivity contribution in [1.29, 1.82) is 0 Å². The molecule has 1 heterocycles. The molecule has 2 rings (SSSR count). The van der Waals surface area contributed by atoms with Crippen LogP contribution in [0.4, 0.5) is 0 Å². The van der Waals surface area contributed by atoms with Crippen molar-refractivity contribution in [3.8, 4) is 0 Å². The predicted octanol–water partition coefficient (Wildman–Crippen LogP) is 2.10. The first-order chi connectivity index (χ1) is 7.25. The van der Waals surface area contributed by atoms with Crippen LogP contribution in [0.25, 0.3) is 0 Å². The maximum Gasteiger partial charge on any atom is 0.109 e. The molecule has 3 nitrogen and oxygen atoms in total. The lowest BCUT2D eigenvalue weighted by Crippen LogP contribution is -2.36. The summed E-state index contributed by atoms with van der Waals surface area (Å²) in [7, 11) is 0. The fourth-order valence-electron chi connectivity index (χ4n) is 2.12. The van der Waals surface area contributed by atoms with Gasteiger partial charge >= 0.3 is 0 Å². The Bertz CT molecular complexity index is 281. The number of nitrogens with zero attached hydrogens (tertiary/aromatic N) is 1. The van der Waals surface area contributed by atoms with Crippen molar-refractivity contribution in [3.05, 3.63) is 16.6 Å². The summed E-state index contributed by atoms with van der Waals surface area (Å²) in [5.41, 5.74) is 0. The molecular weight excluding hydrogens is 208 g/mol. The molecule has 2 N–H and O–H groups in total. The number of aliphatic hydroxyl groups is 1. The van der Waals surface area contributed by atoms with Crippen molar-refractivity contribution >= 4 is 11.3 Å². The molecule has 0 saturated heterocycles. The first kappa shape index (κ1) is 11.0. The van der Waals surface area contributed by atoms with E-state index in [1.165, 1.54) is 0 Å². The molecule has 0 aromatic carbocycles. The Kier molecular flexibility index (Phi) is 3.72. The van der Waals surface area contributed by atoms with Gasteiger partial charge in [-0.3, -0.25) is 0 Å². The molecule has 1 aliphatic rings. The van der Waals surface area contributed by atoms with Crippen molar-refractivity contribution in [3.63, 3.8) is 0 Å². The van der Waals surface area contributed by atoms with E-state index in [9.17, 15) is 5.11 Å². The van der Waals surface area contributed by atoms with Crippen LogP contribution in [0.3, 0.4) is 0 Å². The zero-order chi connectivity index (χ0) is 10.7. The van der Waals surface area contributed by atoms with Crippen LogP contribution in [0.2, 0.25) is 0 Å². The van der Waals surface area contributed by atoms with Crippen LogP contribution in [-0.2, 0) is 0 Å². The Labute approximate surface area is 94.5 Å². The van der Waals surface area contributed by atoms with Gasteiger partial charge in [0.2, 0.25) is 0 Å². The maximum atomic E-state index is 9.41. The average molecular weight is 226 g/mol. The van der Waals surface area contributed by atoms with Gasteiger partial charge in [-0.15, -0.1) is 11.3 Å². The number of hydrogen-bond donors (Lipinski definition) is 2. The van der Waals surface area contributed by atoms with E-state index in [1.54, 1.807) is 11.3 Å². The van der Waals surface area contributed by atoms with Crippen LogP contribution in [0.5, 0.6) is 0 Å². The second-order valence-electron chi connectivity index (χ2n) is 4.26. The van der Waals surface area contributed by atoms with E-state index in [-0.39, 0.29) is 6.10 Å². The van der Waals surface area contributed by atoms with E-state index in [1.807, 2.05) is 11.6 Å². The fraction of sp³-hybridized carbons (Fsp3) is 0.727. The topological polar surface area (TPSA) is 45.1 Å². The van der Waals surface area contributed by atoms with E-state index in [0.717, 1.165) is 30.7 Å². The number of thiazole rings is 1. The highest BCUT2D eigenvalue weighted by Gasteiger charge is 2.21. The van der Waals surface area contributed by atoms with Crippen molar-refractivity contribution in [2.24, 2.45) is 0 Å². The third kappa shape index (κ3) is 3.00. The summed E-state index contributed by atoms with van der Waals surface area (Å²) < 4.78 is 0. The zero-order valence-electron chi connectivity index (χ0n) is 9.02. The summed E-state index contributed by atoms with van der Waals surface area (Å²) in [6.07, 6.45) is 5.80. The number of aromatic nitrogens is 1. The highest BCUT2D eigenvalue weighted by atomic mass is 32.1. The zero-order valence-corrected chi connectivity index (χ0v) is 9.83. The van der Waals surface area contributed by atoms with Crippen LogP contribution >= 0.6 is 11.3 Å². The molecule has 0 spiro atoms. The number of hydrogen-bond acceptors (Lipinski definition) is 4. The van der Waals surface area contributed by atoms with Gasteiger partial charge in [-0.25, -0.2) is 4.98 Å². The second kappa shape index (κ2) is 5.05. The minimum absolute atomic E-state index is 0.0711. The molecule has 4 heteroatoms. The molecule has 1 unspecified atom stereocenters. The molecule has 1 saturated carbocycles. The minimum Gasteiger partial charge on any atom is -0.393 e. The second-order valence-corrected chi connectivity index (χ2v) is 5.19. The molecule has 1 aromatic heterocycles. The van der Waals surface area contributed by atoms with Crippen LogP contribution in [0.1, 0.15) is 43.7 Å². The summed E-state index contributed by atoms with van der Waals surface area (Å²) in [6, 6.07) is 0.887. The van der Waals surface area contributed by atoms with E-state index in [4.69, 9.17) is 0 Å². The summed E-state index contributed by atoms with van der Waals surface area (Å²) >= 11 is 1.70. The van der Waals surface area contributed by atoms with E-state index < -0.39 is 0 Å². The van der Waals surface area contributed by atoms with Gasteiger partial charge in [0.15, 0.2) is 0 Å². The van der Waals surface area contributed by atoms with Crippen molar-refractivity contribution in [2.75, 3.05) is 0 Å². The number of nitrogens with one attached hydrogen (secondary N) is 1. The van der Waals surface area contributed by atoms with E-state index >= 15 is 0 Å². The summed E-state index contributed by atoms with van der Waals surface area (Å²) in [6.45, 7) is 2.16. The van der Waals surface area contributed by atoms with Gasteiger partial charge in [0.25, 0.3) is 0 Å². The Balaban J connectivity index is 1.82. The first-order valence-electron chi connectivity index (χ1n) is 5.59. The molecule has 0 aliphatic heterocycles. The third-order valence-corrected chi connectivity index (χ3v) is 3.96. The Morgan fingerprint density at radius 1 is 1.47 bits per heavy atom. The maximum absolute atomic E-state index is 9.41. The van der Waals surface area contributed by atoms with Gasteiger partial charge in [-0.2, -0.15) is 0 Å². The fourth-order valence-corrected chi connectivity index (χ4v) is 2.77. The molecular formula is C11H18N2OS. The highest BCUT2D eigenvalue weighted by molar-refractivity contribution is 7.09. The van der Waals surface area contributed by atoms with Crippen LogP contribution < -0.4 is 5.32 Å². The minimum atomic E-state index is -0.0711. The van der Waals surface area contributed by atoms with Gasteiger partial charge in [-0.1, -0.05) is 0 Å². The Morgan fingerprint density at radius 2 is 2.20 bits per heavy atom. The molecule has 15 heavy (non-hydrogen) atoms. The Hall–Kier alpha value is -0.450. The Morgan fingerprint density at radius 3 is 2.80 bits per heavy atom. The molecule has 1 fully saturated rings. The van der Waals surface area contributed by atoms with Gasteiger partial charge in [0, 0.05) is 17.6 Å². The molecule has 0 amide bonds. The SMILES string of the molecule is CC(NC1CCC(O)CC1)c1nccs1. The van der Waals surface area contributed by atoms with Crippen LogP contribution in [0, 0.1) is 0 Å². The van der Waals surface area contributed by atoms with Crippen molar-refractivity contribution < 1.29 is 5.11 Å². The average Bonchev–Trinajstić information content (AvgIpc) is 2.74. The van der Waals surface area contributed by atoms with Crippen molar-refractivity contribution in [2.45, 2.75) is 50.8 Å². The molecule has 0 bridgehead atoms. The summed E-state index contributed by atoms with van der Waals surface area (Å²) in [5.74, 6) is 0. The predicted molar refractivity (Wildman–Crippen MR) is 61.9 cm³/mol. The lowest BCUT2D eigenvalue weighted by Gasteiger charge is -2.28. The normalized spacial score (nSPS) is 28.9. The first-order valence-corrected chi connectivity index (χ1v) is 6.47. The van der Waals surface area contributed by atoms with Crippen LogP contribution in [-0.4, -0.2) is 22.2 Å². The lowest BCUT2D eigenvalue weighted by atomic mass is 9.93. The molecule has 84 valence electrons. The molecule has 0 radical (unpaired) electrons. The third-order valence-electron chi connectivity index (χ3n) is 3.00. The lowest BCUT2D eigenvalue weighted by molar-refractivity contribution is 0.114. The van der Waals surface area contributed by atoms with E-state index in [0.29, 0.717) is 12.1 Å². The molecule has 1 aromatic rings. The van der Waals surface area contributed by atoms with Crippen molar-refractivity contribution in [1.82, 2.24) is 10.3 Å². The summed E-state index contributed by atoms with van der Waals surface area (Å²) in [4.78, 5) is 4.30. The van der Waals surface area contributed by atoms with Gasteiger partial charge in [0.1, 0.15) is 5.01 Å². The molecule has 1 atom stereocenters. The van der Waals surface area contributed by atoms with Crippen LogP contribution in [0.15, 0.2) is 11.6 Å². The number of rotatable bonds is 3. The highest BCUT2D eigenvalue weighted by Crippen LogP contribution is 2.22. The molecule has 1 aliphatic carbocycles. The van der Waals surface area contributed by atoms with Gasteiger partial charge in [0.05, 0.1) is 12.1 Å².